The zero-order valence-corrected chi connectivity index (χ0v) is 23.0. The minimum Gasteiger partial charge on any atom is -0.362 e. The number of anilines is 2. The monoisotopic (exact) mass is 518 g/mol. The van der Waals surface area contributed by atoms with Crippen LogP contribution in [-0.4, -0.2) is 41.2 Å². The average Bonchev–Trinajstić information content (AvgIpc) is 3.31. The van der Waals surface area contributed by atoms with E-state index in [9.17, 15) is 0 Å². The normalized spacial score (nSPS) is 17.5. The summed E-state index contributed by atoms with van der Waals surface area (Å²) in [5.74, 6) is 2.41. The Morgan fingerprint density at radius 1 is 0.821 bits per heavy atom. The molecule has 39 heavy (non-hydrogen) atoms. The first-order chi connectivity index (χ1) is 19.1. The molecule has 1 aliphatic carbocycles. The molecule has 1 saturated carbocycles. The lowest BCUT2D eigenvalue weighted by molar-refractivity contribution is 0.324. The Hall–Kier alpha value is -3.90. The Morgan fingerprint density at radius 2 is 1.54 bits per heavy atom. The van der Waals surface area contributed by atoms with Crippen molar-refractivity contribution < 1.29 is 0 Å². The van der Waals surface area contributed by atoms with Gasteiger partial charge in [0.05, 0.1) is 5.52 Å². The van der Waals surface area contributed by atoms with E-state index in [1.54, 1.807) is 0 Å². The maximum absolute atomic E-state index is 4.84. The van der Waals surface area contributed by atoms with Crippen molar-refractivity contribution in [2.75, 3.05) is 30.9 Å². The van der Waals surface area contributed by atoms with Crippen molar-refractivity contribution in [2.45, 2.75) is 44.8 Å². The summed E-state index contributed by atoms with van der Waals surface area (Å²) in [5, 5.41) is 9.86. The Balaban J connectivity index is 1.04. The van der Waals surface area contributed by atoms with Crippen LogP contribution in [0.1, 0.15) is 36.8 Å². The third-order valence-corrected chi connectivity index (χ3v) is 8.00. The molecule has 0 amide bonds. The quantitative estimate of drug-likeness (QED) is 0.235. The molecule has 0 aliphatic heterocycles. The molecular formula is C33H38N6. The number of fused-ring (bicyclic) bond motifs is 2. The first-order valence-electron chi connectivity index (χ1n) is 14.2. The molecule has 200 valence electrons. The number of nitrogens with zero attached hydrogens (tertiary/aromatic N) is 4. The Kier molecular flexibility index (Phi) is 7.46. The van der Waals surface area contributed by atoms with Crippen LogP contribution < -0.4 is 15.5 Å². The molecule has 2 N–H and O–H groups in total. The topological polar surface area (TPSA) is 58.0 Å². The standard InChI is InChI=1S/C33H38N6/c1-38(2)32-29-13-6-8-14-30(29)36-33(37-32)35-27-18-16-24(17-19-27)20-34-21-26-23-39(22-25-10-4-3-5-11-25)31-15-9-7-12-28(26)31/h3-15,23-24,27,34H,16-22H2,1-2H3,(H,35,36,37). The molecule has 0 spiro atoms. The van der Waals surface area contributed by atoms with Gasteiger partial charge >= 0.3 is 0 Å². The molecule has 0 bridgehead atoms. The molecule has 6 rings (SSSR count). The van der Waals surface area contributed by atoms with Gasteiger partial charge < -0.3 is 20.1 Å². The summed E-state index contributed by atoms with van der Waals surface area (Å²) in [6.45, 7) is 2.86. The van der Waals surface area contributed by atoms with Crippen LogP contribution in [0.3, 0.4) is 0 Å². The molecule has 6 heteroatoms. The molecular weight excluding hydrogens is 480 g/mol. The fourth-order valence-electron chi connectivity index (χ4n) is 5.94. The Bertz CT molecular complexity index is 1530. The molecule has 6 nitrogen and oxygen atoms in total. The summed E-state index contributed by atoms with van der Waals surface area (Å²) in [6.07, 6.45) is 7.06. The van der Waals surface area contributed by atoms with Gasteiger partial charge in [0.25, 0.3) is 0 Å². The summed E-state index contributed by atoms with van der Waals surface area (Å²) in [5.41, 5.74) is 5.00. The predicted octanol–water partition coefficient (Wildman–Crippen LogP) is 6.46. The van der Waals surface area contributed by atoms with Gasteiger partial charge in [0.1, 0.15) is 5.82 Å². The molecule has 0 saturated heterocycles. The zero-order valence-electron chi connectivity index (χ0n) is 23.0. The van der Waals surface area contributed by atoms with Crippen molar-refractivity contribution >= 4 is 33.6 Å². The maximum atomic E-state index is 4.84. The van der Waals surface area contributed by atoms with Gasteiger partial charge in [-0.25, -0.2) is 4.98 Å². The van der Waals surface area contributed by atoms with E-state index in [2.05, 4.69) is 93.0 Å². The largest absolute Gasteiger partial charge is 0.362 e. The van der Waals surface area contributed by atoms with E-state index < -0.39 is 0 Å². The second-order valence-corrected chi connectivity index (χ2v) is 11.1. The van der Waals surface area contributed by atoms with E-state index in [-0.39, 0.29) is 0 Å². The number of aromatic nitrogens is 3. The van der Waals surface area contributed by atoms with Gasteiger partial charge in [-0.2, -0.15) is 4.98 Å². The number of nitrogens with one attached hydrogen (secondary N) is 2. The third-order valence-electron chi connectivity index (χ3n) is 8.00. The van der Waals surface area contributed by atoms with E-state index in [0.717, 1.165) is 55.1 Å². The molecule has 2 aromatic heterocycles. The number of hydrogen-bond acceptors (Lipinski definition) is 5. The van der Waals surface area contributed by atoms with Gasteiger partial charge in [-0.05, 0) is 67.5 Å². The summed E-state index contributed by atoms with van der Waals surface area (Å²) >= 11 is 0. The molecule has 0 unspecified atom stereocenters. The minimum atomic E-state index is 0.424. The van der Waals surface area contributed by atoms with Gasteiger partial charge in [-0.3, -0.25) is 0 Å². The van der Waals surface area contributed by atoms with Crippen molar-refractivity contribution in [1.29, 1.82) is 0 Å². The molecule has 0 atom stereocenters. The van der Waals surface area contributed by atoms with Gasteiger partial charge in [0, 0.05) is 55.7 Å². The van der Waals surface area contributed by atoms with E-state index in [1.807, 2.05) is 26.2 Å². The van der Waals surface area contributed by atoms with Crippen molar-refractivity contribution in [3.05, 3.63) is 96.2 Å². The predicted molar refractivity (Wildman–Crippen MR) is 162 cm³/mol. The fourth-order valence-corrected chi connectivity index (χ4v) is 5.94. The summed E-state index contributed by atoms with van der Waals surface area (Å²) in [7, 11) is 4.08. The summed E-state index contributed by atoms with van der Waals surface area (Å²) in [4.78, 5) is 11.7. The second-order valence-electron chi connectivity index (χ2n) is 11.1. The van der Waals surface area contributed by atoms with Crippen molar-refractivity contribution in [3.63, 3.8) is 0 Å². The molecule has 1 fully saturated rings. The van der Waals surface area contributed by atoms with Crippen LogP contribution in [0.15, 0.2) is 85.1 Å². The van der Waals surface area contributed by atoms with Gasteiger partial charge in [-0.15, -0.1) is 0 Å². The fraction of sp³-hybridized carbons (Fsp3) is 0.333. The highest BCUT2D eigenvalue weighted by Gasteiger charge is 2.22. The summed E-state index contributed by atoms with van der Waals surface area (Å²) in [6, 6.07) is 28.1. The van der Waals surface area contributed by atoms with Crippen LogP contribution in [0.2, 0.25) is 0 Å². The number of rotatable bonds is 9. The Morgan fingerprint density at radius 3 is 2.33 bits per heavy atom. The number of para-hydroxylation sites is 2. The first kappa shape index (κ1) is 25.4. The van der Waals surface area contributed by atoms with Crippen molar-refractivity contribution in [1.82, 2.24) is 19.9 Å². The highest BCUT2D eigenvalue weighted by atomic mass is 15.2. The number of hydrogen-bond donors (Lipinski definition) is 2. The van der Waals surface area contributed by atoms with E-state index in [0.29, 0.717) is 12.0 Å². The first-order valence-corrected chi connectivity index (χ1v) is 14.2. The lowest BCUT2D eigenvalue weighted by Crippen LogP contribution is -2.31. The highest BCUT2D eigenvalue weighted by Crippen LogP contribution is 2.29. The van der Waals surface area contributed by atoms with Crippen LogP contribution in [0.25, 0.3) is 21.8 Å². The molecule has 1 aliphatic rings. The molecule has 2 heterocycles. The molecule has 0 radical (unpaired) electrons. The third kappa shape index (κ3) is 5.76. The van der Waals surface area contributed by atoms with E-state index >= 15 is 0 Å². The van der Waals surface area contributed by atoms with Crippen LogP contribution in [0, 0.1) is 5.92 Å². The smallest absolute Gasteiger partial charge is 0.225 e. The van der Waals surface area contributed by atoms with Crippen LogP contribution in [0.5, 0.6) is 0 Å². The maximum Gasteiger partial charge on any atom is 0.225 e. The lowest BCUT2D eigenvalue weighted by Gasteiger charge is -2.29. The minimum absolute atomic E-state index is 0.424. The van der Waals surface area contributed by atoms with Crippen LogP contribution >= 0.6 is 0 Å². The SMILES string of the molecule is CN(C)c1nc(NC2CCC(CNCc3cn(Cc4ccccc4)c4ccccc34)CC2)nc2ccccc12. The molecule has 5 aromatic rings. The van der Waals surface area contributed by atoms with Gasteiger partial charge in [0.2, 0.25) is 5.95 Å². The van der Waals surface area contributed by atoms with Crippen molar-refractivity contribution in [2.24, 2.45) is 5.92 Å². The zero-order chi connectivity index (χ0) is 26.6. The second kappa shape index (κ2) is 11.5. The lowest BCUT2D eigenvalue weighted by atomic mass is 9.86. The molecule has 3 aromatic carbocycles. The van der Waals surface area contributed by atoms with E-state index in [4.69, 9.17) is 9.97 Å². The Labute approximate surface area is 231 Å². The van der Waals surface area contributed by atoms with Gasteiger partial charge in [-0.1, -0.05) is 60.7 Å². The van der Waals surface area contributed by atoms with E-state index in [1.165, 1.54) is 34.9 Å². The highest BCUT2D eigenvalue weighted by molar-refractivity contribution is 5.90. The number of benzene rings is 3. The summed E-state index contributed by atoms with van der Waals surface area (Å²) < 4.78 is 2.38. The van der Waals surface area contributed by atoms with Crippen LogP contribution in [-0.2, 0) is 13.1 Å². The van der Waals surface area contributed by atoms with Gasteiger partial charge in [0.15, 0.2) is 0 Å². The average molecular weight is 519 g/mol. The van der Waals surface area contributed by atoms with Crippen molar-refractivity contribution in [3.8, 4) is 0 Å². The van der Waals surface area contributed by atoms with Crippen LogP contribution in [0.4, 0.5) is 11.8 Å².